The summed E-state index contributed by atoms with van der Waals surface area (Å²) in [6, 6.07) is 11.1. The molecular weight excluding hydrogens is 344 g/mol. The van der Waals surface area contributed by atoms with Crippen LogP contribution in [0.5, 0.6) is 17.4 Å². The summed E-state index contributed by atoms with van der Waals surface area (Å²) in [5.41, 5.74) is 1.37. The van der Waals surface area contributed by atoms with Gasteiger partial charge in [0.1, 0.15) is 28.7 Å². The summed E-state index contributed by atoms with van der Waals surface area (Å²) in [6.07, 6.45) is 1.25. The molecule has 0 spiro atoms. The Balaban J connectivity index is 0.000000921. The molecule has 0 aliphatic heterocycles. The van der Waals surface area contributed by atoms with Crippen molar-refractivity contribution in [3.8, 4) is 34.6 Å². The van der Waals surface area contributed by atoms with Crippen LogP contribution in [0.2, 0.25) is 0 Å². The molecule has 0 saturated carbocycles. The van der Waals surface area contributed by atoms with Gasteiger partial charge in [-0.3, -0.25) is 4.57 Å². The Kier molecular flexibility index (Phi) is 7.16. The molecule has 0 aliphatic rings. The molecule has 0 fully saturated rings. The lowest BCUT2D eigenvalue weighted by Crippen LogP contribution is -2.06. The van der Waals surface area contributed by atoms with Crippen LogP contribution < -0.4 is 14.2 Å². The molecule has 7 nitrogen and oxygen atoms in total. The van der Waals surface area contributed by atoms with Gasteiger partial charge in [-0.15, -0.1) is 10.2 Å². The average molecular weight is 372 g/mol. The van der Waals surface area contributed by atoms with E-state index in [-0.39, 0.29) is 1.43 Å². The number of aryl methyl sites for hydroxylation is 1. The van der Waals surface area contributed by atoms with Gasteiger partial charge in [-0.05, 0) is 25.1 Å². The molecule has 1 aromatic carbocycles. The zero-order valence-electron chi connectivity index (χ0n) is 16.7. The zero-order chi connectivity index (χ0) is 19.8. The normalized spacial score (nSPS) is 10.0. The maximum atomic E-state index is 5.50. The van der Waals surface area contributed by atoms with E-state index in [0.29, 0.717) is 34.7 Å². The van der Waals surface area contributed by atoms with Crippen molar-refractivity contribution >= 4 is 0 Å². The van der Waals surface area contributed by atoms with Crippen LogP contribution in [-0.2, 0) is 0 Å². The topological polar surface area (TPSA) is 71.3 Å². The molecule has 0 unspecified atom stereocenters. The van der Waals surface area contributed by atoms with E-state index < -0.39 is 0 Å². The van der Waals surface area contributed by atoms with Crippen molar-refractivity contribution in [1.29, 1.82) is 0 Å². The lowest BCUT2D eigenvalue weighted by Gasteiger charge is -2.16. The third-order valence-electron chi connectivity index (χ3n) is 3.61. The van der Waals surface area contributed by atoms with Crippen LogP contribution in [-0.4, -0.2) is 41.1 Å². The highest BCUT2D eigenvalue weighted by Crippen LogP contribution is 2.35. The summed E-state index contributed by atoms with van der Waals surface area (Å²) < 4.78 is 18.1. The smallest absolute Gasteiger partial charge is 0.213 e. The summed E-state index contributed by atoms with van der Waals surface area (Å²) in [4.78, 5) is 4.44. The van der Waals surface area contributed by atoms with Crippen molar-refractivity contribution in [2.45, 2.75) is 27.2 Å². The van der Waals surface area contributed by atoms with Gasteiger partial charge in [0.25, 0.3) is 0 Å². The first kappa shape index (κ1) is 20.2. The van der Waals surface area contributed by atoms with Crippen molar-refractivity contribution in [3.05, 3.63) is 42.2 Å². The van der Waals surface area contributed by atoms with Crippen molar-refractivity contribution in [3.63, 3.8) is 0 Å². The first-order chi connectivity index (χ1) is 13.1. The van der Waals surface area contributed by atoms with E-state index in [1.54, 1.807) is 27.4 Å². The van der Waals surface area contributed by atoms with Gasteiger partial charge >= 0.3 is 0 Å². The number of ether oxygens (including phenoxy) is 3. The molecule has 146 valence electrons. The van der Waals surface area contributed by atoms with Crippen molar-refractivity contribution < 1.29 is 15.6 Å². The Morgan fingerprint density at radius 2 is 1.48 bits per heavy atom. The minimum atomic E-state index is 0. The van der Waals surface area contributed by atoms with E-state index >= 15 is 0 Å². The number of methoxy groups -OCH3 is 3. The first-order valence-corrected chi connectivity index (χ1v) is 8.75. The molecule has 2 aromatic heterocycles. The van der Waals surface area contributed by atoms with Gasteiger partial charge in [-0.1, -0.05) is 32.4 Å². The number of aromatic nitrogens is 4. The van der Waals surface area contributed by atoms with Gasteiger partial charge in [-0.2, -0.15) is 0 Å². The van der Waals surface area contributed by atoms with Gasteiger partial charge in [0.2, 0.25) is 5.88 Å². The highest BCUT2D eigenvalue weighted by atomic mass is 16.5. The van der Waals surface area contributed by atoms with E-state index in [1.807, 2.05) is 41.8 Å². The minimum absolute atomic E-state index is 0. The molecule has 0 N–H and O–H groups in total. The predicted molar refractivity (Wildman–Crippen MR) is 107 cm³/mol. The Morgan fingerprint density at radius 1 is 0.889 bits per heavy atom. The Morgan fingerprint density at radius 3 is 2.04 bits per heavy atom. The summed E-state index contributed by atoms with van der Waals surface area (Å²) >= 11 is 0. The van der Waals surface area contributed by atoms with E-state index in [2.05, 4.69) is 29.0 Å². The number of benzene rings is 1. The van der Waals surface area contributed by atoms with Crippen LogP contribution in [0.1, 0.15) is 27.5 Å². The van der Waals surface area contributed by atoms with E-state index in [1.165, 1.54) is 6.42 Å². The maximum absolute atomic E-state index is 5.50. The molecule has 0 atom stereocenters. The molecule has 7 heteroatoms. The van der Waals surface area contributed by atoms with Crippen LogP contribution in [0, 0.1) is 6.92 Å². The van der Waals surface area contributed by atoms with Gasteiger partial charge in [-0.25, -0.2) is 4.98 Å². The van der Waals surface area contributed by atoms with Gasteiger partial charge < -0.3 is 14.2 Å². The number of nitrogens with zero attached hydrogens (tertiary/aromatic N) is 4. The molecule has 0 radical (unpaired) electrons. The van der Waals surface area contributed by atoms with Crippen molar-refractivity contribution in [2.75, 3.05) is 21.3 Å². The number of rotatable bonds is 5. The number of pyridine rings is 1. The Bertz CT molecular complexity index is 861. The summed E-state index contributed by atoms with van der Waals surface area (Å²) in [7, 11) is 4.80. The fourth-order valence-electron chi connectivity index (χ4n) is 2.50. The van der Waals surface area contributed by atoms with Crippen LogP contribution in [0.25, 0.3) is 17.2 Å². The Labute approximate surface area is 161 Å². The second kappa shape index (κ2) is 9.56. The second-order valence-corrected chi connectivity index (χ2v) is 5.69. The third-order valence-corrected chi connectivity index (χ3v) is 3.61. The summed E-state index contributed by atoms with van der Waals surface area (Å²) in [5, 5.41) is 8.47. The number of hydrogen-bond donors (Lipinski definition) is 0. The van der Waals surface area contributed by atoms with Crippen LogP contribution in [0.3, 0.4) is 0 Å². The van der Waals surface area contributed by atoms with Crippen LogP contribution >= 0.6 is 0 Å². The average Bonchev–Trinajstić information content (AvgIpc) is 3.08. The standard InChI is InChI=1S/C17H18N4O3.C3H8.H2/c1-11-19-20-17(12-7-5-10-15(18-12)24-4)21(11)16-13(22-2)8-6-9-14(16)23-3;1-3-2;/h5-10H,1-4H3;3H2,1-2H3;1H. The summed E-state index contributed by atoms with van der Waals surface area (Å²) in [6.45, 7) is 6.11. The quantitative estimate of drug-likeness (QED) is 0.664. The molecule has 0 aliphatic carbocycles. The van der Waals surface area contributed by atoms with Crippen LogP contribution in [0.4, 0.5) is 0 Å². The van der Waals surface area contributed by atoms with Crippen LogP contribution in [0.15, 0.2) is 36.4 Å². The molecule has 3 rings (SSSR count). The van der Waals surface area contributed by atoms with Crippen molar-refractivity contribution in [1.82, 2.24) is 19.7 Å². The van der Waals surface area contributed by atoms with Gasteiger partial charge in [0, 0.05) is 7.49 Å². The second-order valence-electron chi connectivity index (χ2n) is 5.69. The lowest BCUT2D eigenvalue weighted by atomic mass is 10.2. The van der Waals surface area contributed by atoms with E-state index in [4.69, 9.17) is 14.2 Å². The molecule has 0 saturated heterocycles. The zero-order valence-corrected chi connectivity index (χ0v) is 16.7. The van der Waals surface area contributed by atoms with Crippen molar-refractivity contribution in [2.24, 2.45) is 0 Å². The molecule has 0 bridgehead atoms. The molecule has 3 aromatic rings. The lowest BCUT2D eigenvalue weighted by molar-refractivity contribution is 0.390. The van der Waals surface area contributed by atoms with Gasteiger partial charge in [0.05, 0.1) is 21.3 Å². The van der Waals surface area contributed by atoms with E-state index in [0.717, 1.165) is 5.69 Å². The van der Waals surface area contributed by atoms with Gasteiger partial charge in [0.15, 0.2) is 5.82 Å². The SMILES string of the molecule is CCC.COc1cccc(-c2nnc(C)n2-c2c(OC)cccc2OC)n1.[HH]. The molecular formula is C20H28N4O3. The largest absolute Gasteiger partial charge is 0.494 e. The van der Waals surface area contributed by atoms with E-state index in [9.17, 15) is 0 Å². The fraction of sp³-hybridized carbons (Fsp3) is 0.350. The fourth-order valence-corrected chi connectivity index (χ4v) is 2.50. The first-order valence-electron chi connectivity index (χ1n) is 8.75. The summed E-state index contributed by atoms with van der Waals surface area (Å²) in [5.74, 6) is 3.08. The monoisotopic (exact) mass is 372 g/mol. The molecule has 27 heavy (non-hydrogen) atoms. The predicted octanol–water partition coefficient (Wildman–Crippen LogP) is 4.33. The number of hydrogen-bond acceptors (Lipinski definition) is 6. The molecule has 2 heterocycles. The minimum Gasteiger partial charge on any atom is -0.494 e. The third kappa shape index (κ3) is 4.36. The Hall–Kier alpha value is -3.09. The molecule has 0 amide bonds. The highest BCUT2D eigenvalue weighted by Gasteiger charge is 2.21. The highest BCUT2D eigenvalue weighted by molar-refractivity contribution is 5.63. The number of para-hydroxylation sites is 1. The maximum Gasteiger partial charge on any atom is 0.213 e.